The van der Waals surface area contributed by atoms with Crippen LogP contribution in [0, 0.1) is 0 Å². The van der Waals surface area contributed by atoms with Gasteiger partial charge in [-0.3, -0.25) is 4.79 Å². The fourth-order valence-corrected chi connectivity index (χ4v) is 6.10. The van der Waals surface area contributed by atoms with Crippen LogP contribution in [-0.4, -0.2) is 52.7 Å². The van der Waals surface area contributed by atoms with Gasteiger partial charge in [-0.1, -0.05) is 66.2 Å². The smallest absolute Gasteiger partial charge is 0.407 e. The molecule has 11 heteroatoms. The standard InChI is InChI=1S/C30H28ClN5O5/c1-17(32-30(40)41-16-23-21-9-4-2-7-19(21)20-8-3-5-10-22(20)23)27-34-25-12-6-11-24(31)26(25)28(37)36(27)35-14-13-18(15-35)33-29(38)39/h2-12,17-18,23,33H,13-16H2,1H3,(H,32,40)(H,38,39). The quantitative estimate of drug-likeness (QED) is 0.307. The second-order valence-electron chi connectivity index (χ2n) is 10.3. The van der Waals surface area contributed by atoms with E-state index < -0.39 is 23.8 Å². The molecule has 210 valence electrons. The molecule has 2 aliphatic rings. The van der Waals surface area contributed by atoms with E-state index in [0.29, 0.717) is 18.5 Å². The number of halogens is 1. The van der Waals surface area contributed by atoms with Gasteiger partial charge in [0.1, 0.15) is 6.61 Å². The van der Waals surface area contributed by atoms with E-state index >= 15 is 0 Å². The van der Waals surface area contributed by atoms with Crippen molar-refractivity contribution in [1.82, 2.24) is 20.3 Å². The molecule has 41 heavy (non-hydrogen) atoms. The first-order valence-corrected chi connectivity index (χ1v) is 13.8. The van der Waals surface area contributed by atoms with Crippen molar-refractivity contribution in [3.8, 4) is 11.1 Å². The first-order valence-electron chi connectivity index (χ1n) is 13.4. The Labute approximate surface area is 240 Å². The zero-order valence-corrected chi connectivity index (χ0v) is 23.0. The van der Waals surface area contributed by atoms with Gasteiger partial charge in [-0.25, -0.2) is 19.2 Å². The number of hydrogen-bond donors (Lipinski definition) is 3. The molecule has 3 aromatic carbocycles. The Morgan fingerprint density at radius 2 is 1.76 bits per heavy atom. The van der Waals surface area contributed by atoms with E-state index in [1.807, 2.05) is 24.3 Å². The van der Waals surface area contributed by atoms with Gasteiger partial charge in [0.25, 0.3) is 5.56 Å². The van der Waals surface area contributed by atoms with Crippen molar-refractivity contribution in [2.45, 2.75) is 31.3 Å². The van der Waals surface area contributed by atoms with Crippen molar-refractivity contribution in [3.63, 3.8) is 0 Å². The third kappa shape index (κ3) is 4.95. The van der Waals surface area contributed by atoms with E-state index in [1.165, 1.54) is 4.68 Å². The Morgan fingerprint density at radius 3 is 2.44 bits per heavy atom. The fraction of sp³-hybridized carbons (Fsp3) is 0.267. The van der Waals surface area contributed by atoms with Gasteiger partial charge < -0.3 is 25.5 Å². The number of carbonyl (C=O) groups is 2. The average Bonchev–Trinajstić information content (AvgIpc) is 3.53. The molecule has 1 aliphatic heterocycles. The summed E-state index contributed by atoms with van der Waals surface area (Å²) in [4.78, 5) is 42.7. The molecule has 0 saturated carbocycles. The number of ether oxygens (including phenoxy) is 1. The molecule has 2 heterocycles. The van der Waals surface area contributed by atoms with Gasteiger partial charge in [0.05, 0.1) is 34.6 Å². The molecule has 1 saturated heterocycles. The number of nitrogens with one attached hydrogen (secondary N) is 2. The highest BCUT2D eigenvalue weighted by molar-refractivity contribution is 6.35. The summed E-state index contributed by atoms with van der Waals surface area (Å²) in [6.07, 6.45) is -1.26. The van der Waals surface area contributed by atoms with Crippen molar-refractivity contribution in [3.05, 3.63) is 99.1 Å². The van der Waals surface area contributed by atoms with Crippen molar-refractivity contribution in [2.24, 2.45) is 0 Å². The van der Waals surface area contributed by atoms with Crippen LogP contribution >= 0.6 is 11.6 Å². The Morgan fingerprint density at radius 1 is 1.07 bits per heavy atom. The van der Waals surface area contributed by atoms with Crippen LogP contribution in [0.2, 0.25) is 5.02 Å². The van der Waals surface area contributed by atoms with E-state index in [9.17, 15) is 14.4 Å². The van der Waals surface area contributed by atoms with Gasteiger partial charge in [0.15, 0.2) is 5.82 Å². The molecule has 4 aromatic rings. The molecule has 10 nitrogen and oxygen atoms in total. The maximum absolute atomic E-state index is 13.7. The summed E-state index contributed by atoms with van der Waals surface area (Å²) in [7, 11) is 0. The first kappa shape index (κ1) is 26.6. The predicted octanol–water partition coefficient (Wildman–Crippen LogP) is 4.63. The molecule has 1 fully saturated rings. The minimum absolute atomic E-state index is 0.0918. The Bertz CT molecular complexity index is 1680. The van der Waals surface area contributed by atoms with Gasteiger partial charge in [0, 0.05) is 12.5 Å². The summed E-state index contributed by atoms with van der Waals surface area (Å²) in [6, 6.07) is 20.1. The molecule has 0 spiro atoms. The maximum atomic E-state index is 13.7. The summed E-state index contributed by atoms with van der Waals surface area (Å²) < 4.78 is 7.11. The largest absolute Gasteiger partial charge is 0.465 e. The van der Waals surface area contributed by atoms with Crippen LogP contribution in [0.15, 0.2) is 71.5 Å². The lowest BCUT2D eigenvalue weighted by molar-refractivity contribution is 0.139. The minimum atomic E-state index is -1.13. The predicted molar refractivity (Wildman–Crippen MR) is 155 cm³/mol. The number of amides is 2. The molecular formula is C30H28ClN5O5. The van der Waals surface area contributed by atoms with Crippen LogP contribution in [-0.2, 0) is 4.74 Å². The Kier molecular flexibility index (Phi) is 7.00. The van der Waals surface area contributed by atoms with Gasteiger partial charge >= 0.3 is 12.2 Å². The van der Waals surface area contributed by atoms with Crippen LogP contribution in [0.1, 0.15) is 42.3 Å². The number of benzene rings is 3. The summed E-state index contributed by atoms with van der Waals surface area (Å²) in [5.41, 5.74) is 4.48. The molecule has 0 bridgehead atoms. The van der Waals surface area contributed by atoms with Crippen LogP contribution in [0.5, 0.6) is 0 Å². The number of aromatic nitrogens is 2. The number of alkyl carbamates (subject to hydrolysis) is 1. The lowest BCUT2D eigenvalue weighted by Crippen LogP contribution is -2.47. The van der Waals surface area contributed by atoms with Crippen molar-refractivity contribution in [2.75, 3.05) is 24.7 Å². The zero-order chi connectivity index (χ0) is 28.7. The second kappa shape index (κ2) is 10.8. The first-order chi connectivity index (χ1) is 19.8. The van der Waals surface area contributed by atoms with Crippen LogP contribution < -0.4 is 21.2 Å². The molecule has 2 amide bonds. The summed E-state index contributed by atoms with van der Waals surface area (Å²) in [6.45, 7) is 2.54. The SMILES string of the molecule is CC(NC(=O)OCC1c2ccccc2-c2ccccc21)c1nc2cccc(Cl)c2c(=O)n1N1CCC(NC(=O)O)C1. The third-order valence-corrected chi connectivity index (χ3v) is 8.01. The molecule has 1 aliphatic carbocycles. The van der Waals surface area contributed by atoms with Crippen molar-refractivity contribution >= 4 is 34.7 Å². The normalized spacial score (nSPS) is 16.7. The highest BCUT2D eigenvalue weighted by atomic mass is 35.5. The van der Waals surface area contributed by atoms with E-state index in [0.717, 1.165) is 22.3 Å². The number of carbonyl (C=O) groups excluding carboxylic acids is 1. The van der Waals surface area contributed by atoms with E-state index in [4.69, 9.17) is 26.4 Å². The molecule has 1 aromatic heterocycles. The monoisotopic (exact) mass is 573 g/mol. The van der Waals surface area contributed by atoms with Gasteiger partial charge in [-0.2, -0.15) is 0 Å². The van der Waals surface area contributed by atoms with Crippen molar-refractivity contribution < 1.29 is 19.4 Å². The third-order valence-electron chi connectivity index (χ3n) is 7.69. The summed E-state index contributed by atoms with van der Waals surface area (Å²) >= 11 is 6.38. The molecule has 2 atom stereocenters. The van der Waals surface area contributed by atoms with E-state index in [1.54, 1.807) is 30.1 Å². The second-order valence-corrected chi connectivity index (χ2v) is 10.7. The van der Waals surface area contributed by atoms with Gasteiger partial charge in [-0.05, 0) is 47.7 Å². The lowest BCUT2D eigenvalue weighted by atomic mass is 9.98. The molecular weight excluding hydrogens is 546 g/mol. The zero-order valence-electron chi connectivity index (χ0n) is 22.2. The number of hydrogen-bond acceptors (Lipinski definition) is 6. The average molecular weight is 574 g/mol. The Balaban J connectivity index is 1.25. The number of fused-ring (bicyclic) bond motifs is 4. The lowest BCUT2D eigenvalue weighted by Gasteiger charge is -2.27. The minimum Gasteiger partial charge on any atom is -0.465 e. The topological polar surface area (TPSA) is 126 Å². The van der Waals surface area contributed by atoms with Gasteiger partial charge in [-0.15, -0.1) is 0 Å². The van der Waals surface area contributed by atoms with Crippen LogP contribution in [0.4, 0.5) is 9.59 Å². The molecule has 6 rings (SSSR count). The number of nitrogens with zero attached hydrogens (tertiary/aromatic N) is 3. The van der Waals surface area contributed by atoms with Crippen molar-refractivity contribution in [1.29, 1.82) is 0 Å². The molecule has 3 N–H and O–H groups in total. The maximum Gasteiger partial charge on any atom is 0.407 e. The number of carboxylic acid groups (broad SMARTS) is 1. The van der Waals surface area contributed by atoms with Crippen LogP contribution in [0.3, 0.4) is 0 Å². The fourth-order valence-electron chi connectivity index (χ4n) is 5.85. The van der Waals surface area contributed by atoms with Gasteiger partial charge in [0.2, 0.25) is 0 Å². The molecule has 2 unspecified atom stereocenters. The highest BCUT2D eigenvalue weighted by Crippen LogP contribution is 2.44. The van der Waals surface area contributed by atoms with Crippen LogP contribution in [0.25, 0.3) is 22.0 Å². The van der Waals surface area contributed by atoms with E-state index in [-0.39, 0.29) is 41.3 Å². The Hall–Kier alpha value is -4.57. The summed E-state index contributed by atoms with van der Waals surface area (Å²) in [5.74, 6) is 0.195. The highest BCUT2D eigenvalue weighted by Gasteiger charge is 2.31. The molecule has 0 radical (unpaired) electrons. The van der Waals surface area contributed by atoms with E-state index in [2.05, 4.69) is 34.9 Å². The summed E-state index contributed by atoms with van der Waals surface area (Å²) in [5, 5.41) is 16.7. The number of rotatable bonds is 6.